The van der Waals surface area contributed by atoms with E-state index >= 15 is 0 Å². The highest BCUT2D eigenvalue weighted by atomic mass is 16.5. The SMILES string of the molecule is Cc1cc(NC(=O)[C@]23CNC[C@H]2CCOC3)cnc1C. The van der Waals surface area contributed by atoms with Crippen molar-refractivity contribution in [3.8, 4) is 0 Å². The summed E-state index contributed by atoms with van der Waals surface area (Å²) in [7, 11) is 0. The van der Waals surface area contributed by atoms with E-state index in [2.05, 4.69) is 15.6 Å². The van der Waals surface area contributed by atoms with Crippen molar-refractivity contribution in [1.29, 1.82) is 0 Å². The first-order chi connectivity index (χ1) is 9.62. The van der Waals surface area contributed by atoms with Gasteiger partial charge in [-0.1, -0.05) is 0 Å². The second kappa shape index (κ2) is 5.14. The van der Waals surface area contributed by atoms with Gasteiger partial charge in [0.05, 0.1) is 23.9 Å². The molecular weight excluding hydrogens is 254 g/mol. The zero-order valence-electron chi connectivity index (χ0n) is 12.0. The van der Waals surface area contributed by atoms with Crippen molar-refractivity contribution in [2.24, 2.45) is 11.3 Å². The molecule has 0 unspecified atom stereocenters. The molecule has 5 heteroatoms. The maximum absolute atomic E-state index is 12.7. The molecule has 3 rings (SSSR count). The van der Waals surface area contributed by atoms with Gasteiger partial charge in [0.15, 0.2) is 0 Å². The van der Waals surface area contributed by atoms with Gasteiger partial charge in [-0.25, -0.2) is 0 Å². The standard InChI is InChI=1S/C15H21N3O2/c1-10-5-13(7-17-11(10)2)18-14(19)15-8-16-6-12(15)3-4-20-9-15/h5,7,12,16H,3-4,6,8-9H2,1-2H3,(H,18,19)/t12-,15+/m1/s1. The number of carbonyl (C=O) groups excluding carboxylic acids is 1. The Morgan fingerprint density at radius 3 is 3.20 bits per heavy atom. The molecule has 5 nitrogen and oxygen atoms in total. The van der Waals surface area contributed by atoms with Gasteiger partial charge in [0.25, 0.3) is 0 Å². The third-order valence-electron chi connectivity index (χ3n) is 4.63. The Balaban J connectivity index is 1.79. The fourth-order valence-electron chi connectivity index (χ4n) is 3.13. The molecule has 0 radical (unpaired) electrons. The predicted molar refractivity (Wildman–Crippen MR) is 76.6 cm³/mol. The average Bonchev–Trinajstić information content (AvgIpc) is 2.88. The lowest BCUT2D eigenvalue weighted by atomic mass is 9.75. The highest BCUT2D eigenvalue weighted by Gasteiger charge is 2.50. The molecular formula is C15H21N3O2. The highest BCUT2D eigenvalue weighted by Crippen LogP contribution is 2.38. The van der Waals surface area contributed by atoms with Crippen molar-refractivity contribution in [2.45, 2.75) is 20.3 Å². The van der Waals surface area contributed by atoms with E-state index in [1.165, 1.54) is 0 Å². The van der Waals surface area contributed by atoms with Gasteiger partial charge in [0.1, 0.15) is 0 Å². The van der Waals surface area contributed by atoms with E-state index in [0.29, 0.717) is 19.1 Å². The summed E-state index contributed by atoms with van der Waals surface area (Å²) in [5.41, 5.74) is 2.42. The Bertz CT molecular complexity index is 532. The summed E-state index contributed by atoms with van der Waals surface area (Å²) in [5, 5.41) is 6.36. The fraction of sp³-hybridized carbons (Fsp3) is 0.600. The minimum absolute atomic E-state index is 0.0530. The van der Waals surface area contributed by atoms with Crippen molar-refractivity contribution >= 4 is 11.6 Å². The number of hydrogen-bond donors (Lipinski definition) is 2. The van der Waals surface area contributed by atoms with Crippen LogP contribution in [0.3, 0.4) is 0 Å². The van der Waals surface area contributed by atoms with Gasteiger partial charge in [0.2, 0.25) is 5.91 Å². The zero-order chi connectivity index (χ0) is 14.2. The Morgan fingerprint density at radius 1 is 1.55 bits per heavy atom. The third kappa shape index (κ3) is 2.21. The Kier molecular flexibility index (Phi) is 3.48. The summed E-state index contributed by atoms with van der Waals surface area (Å²) in [5.74, 6) is 0.424. The minimum Gasteiger partial charge on any atom is -0.380 e. The van der Waals surface area contributed by atoms with Crippen molar-refractivity contribution in [3.05, 3.63) is 23.5 Å². The van der Waals surface area contributed by atoms with Crippen LogP contribution in [0.15, 0.2) is 12.3 Å². The molecule has 2 saturated heterocycles. The van der Waals surface area contributed by atoms with Crippen LogP contribution in [0.4, 0.5) is 5.69 Å². The Hall–Kier alpha value is -1.46. The number of pyridine rings is 1. The molecule has 108 valence electrons. The lowest BCUT2D eigenvalue weighted by Crippen LogP contribution is -2.49. The van der Waals surface area contributed by atoms with Crippen LogP contribution in [0.5, 0.6) is 0 Å². The van der Waals surface area contributed by atoms with Gasteiger partial charge in [-0.15, -0.1) is 0 Å². The first-order valence-electron chi connectivity index (χ1n) is 7.15. The number of aromatic nitrogens is 1. The van der Waals surface area contributed by atoms with Gasteiger partial charge in [-0.05, 0) is 44.4 Å². The van der Waals surface area contributed by atoms with E-state index in [-0.39, 0.29) is 5.91 Å². The van der Waals surface area contributed by atoms with Gasteiger partial charge in [0, 0.05) is 18.8 Å². The molecule has 0 spiro atoms. The van der Waals surface area contributed by atoms with Crippen LogP contribution in [0.25, 0.3) is 0 Å². The fourth-order valence-corrected chi connectivity index (χ4v) is 3.13. The van der Waals surface area contributed by atoms with Crippen molar-refractivity contribution in [1.82, 2.24) is 10.3 Å². The quantitative estimate of drug-likeness (QED) is 0.853. The molecule has 2 aliphatic rings. The van der Waals surface area contributed by atoms with Crippen molar-refractivity contribution in [3.63, 3.8) is 0 Å². The maximum atomic E-state index is 12.7. The van der Waals surface area contributed by atoms with E-state index in [9.17, 15) is 4.79 Å². The normalized spacial score (nSPS) is 29.0. The maximum Gasteiger partial charge on any atom is 0.234 e. The third-order valence-corrected chi connectivity index (χ3v) is 4.63. The monoisotopic (exact) mass is 275 g/mol. The van der Waals surface area contributed by atoms with E-state index < -0.39 is 5.41 Å². The molecule has 0 saturated carbocycles. The first kappa shape index (κ1) is 13.5. The number of hydrogen-bond acceptors (Lipinski definition) is 4. The average molecular weight is 275 g/mol. The molecule has 1 aromatic rings. The van der Waals surface area contributed by atoms with Crippen LogP contribution in [0, 0.1) is 25.2 Å². The molecule has 0 aliphatic carbocycles. The molecule has 0 aromatic carbocycles. The summed E-state index contributed by atoms with van der Waals surface area (Å²) < 4.78 is 5.57. The van der Waals surface area contributed by atoms with Crippen molar-refractivity contribution < 1.29 is 9.53 Å². The molecule has 3 heterocycles. The first-order valence-corrected chi connectivity index (χ1v) is 7.15. The summed E-state index contributed by atoms with van der Waals surface area (Å²) in [4.78, 5) is 17.0. The molecule has 20 heavy (non-hydrogen) atoms. The number of fused-ring (bicyclic) bond motifs is 1. The van der Waals surface area contributed by atoms with E-state index in [1.807, 2.05) is 19.9 Å². The number of aryl methyl sites for hydroxylation is 2. The van der Waals surface area contributed by atoms with Crippen LogP contribution < -0.4 is 10.6 Å². The number of anilines is 1. The largest absolute Gasteiger partial charge is 0.380 e. The van der Waals surface area contributed by atoms with Crippen LogP contribution in [-0.2, 0) is 9.53 Å². The second-order valence-corrected chi connectivity index (χ2v) is 5.91. The minimum atomic E-state index is -0.420. The van der Waals surface area contributed by atoms with E-state index in [1.54, 1.807) is 6.20 Å². The Labute approximate surface area is 119 Å². The predicted octanol–water partition coefficient (Wildman–Crippen LogP) is 1.26. The van der Waals surface area contributed by atoms with Crippen LogP contribution >= 0.6 is 0 Å². The van der Waals surface area contributed by atoms with Crippen LogP contribution in [0.1, 0.15) is 17.7 Å². The number of carbonyl (C=O) groups is 1. The topological polar surface area (TPSA) is 63.2 Å². The molecule has 2 aliphatic heterocycles. The number of amides is 1. The number of nitrogens with one attached hydrogen (secondary N) is 2. The summed E-state index contributed by atoms with van der Waals surface area (Å²) >= 11 is 0. The molecule has 2 atom stereocenters. The van der Waals surface area contributed by atoms with Crippen LogP contribution in [-0.4, -0.2) is 37.2 Å². The number of rotatable bonds is 2. The highest BCUT2D eigenvalue weighted by molar-refractivity contribution is 5.96. The smallest absolute Gasteiger partial charge is 0.234 e. The Morgan fingerprint density at radius 2 is 2.40 bits per heavy atom. The zero-order valence-corrected chi connectivity index (χ0v) is 12.0. The molecule has 2 N–H and O–H groups in total. The molecule has 0 bridgehead atoms. The summed E-state index contributed by atoms with van der Waals surface area (Å²) in [6.07, 6.45) is 2.67. The molecule has 2 fully saturated rings. The lowest BCUT2D eigenvalue weighted by molar-refractivity contribution is -0.135. The number of ether oxygens (including phenoxy) is 1. The second-order valence-electron chi connectivity index (χ2n) is 5.91. The number of nitrogens with zero attached hydrogens (tertiary/aromatic N) is 1. The van der Waals surface area contributed by atoms with E-state index in [0.717, 1.165) is 36.5 Å². The van der Waals surface area contributed by atoms with Gasteiger partial charge < -0.3 is 15.4 Å². The van der Waals surface area contributed by atoms with E-state index in [4.69, 9.17) is 4.74 Å². The molecule has 1 aromatic heterocycles. The lowest BCUT2D eigenvalue weighted by Gasteiger charge is -2.36. The van der Waals surface area contributed by atoms with Gasteiger partial charge in [-0.3, -0.25) is 9.78 Å². The van der Waals surface area contributed by atoms with Crippen LogP contribution in [0.2, 0.25) is 0 Å². The summed E-state index contributed by atoms with van der Waals surface area (Å²) in [6.45, 7) is 6.83. The molecule has 1 amide bonds. The van der Waals surface area contributed by atoms with Gasteiger partial charge >= 0.3 is 0 Å². The summed E-state index contributed by atoms with van der Waals surface area (Å²) in [6, 6.07) is 1.97. The van der Waals surface area contributed by atoms with Crippen molar-refractivity contribution in [2.75, 3.05) is 31.6 Å². The van der Waals surface area contributed by atoms with Gasteiger partial charge in [-0.2, -0.15) is 0 Å².